The number of Topliss-reactive ketones (excluding diaryl/α,β-unsaturated/α-hetero) is 2. The first-order valence-electron chi connectivity index (χ1n) is 14.2. The highest BCUT2D eigenvalue weighted by atomic mass is 16.2. The van der Waals surface area contributed by atoms with Gasteiger partial charge in [-0.3, -0.25) is 28.8 Å². The maximum Gasteiger partial charge on any atom is 0.289 e. The highest BCUT2D eigenvalue weighted by Gasteiger charge is 2.48. The largest absolute Gasteiger partial charge is 0.346 e. The van der Waals surface area contributed by atoms with Gasteiger partial charge >= 0.3 is 0 Å². The third kappa shape index (κ3) is 7.76. The molecule has 1 saturated heterocycles. The third-order valence-electron chi connectivity index (χ3n) is 8.30. The molecule has 218 valence electrons. The number of hydrogen-bond donors (Lipinski definition) is 3. The van der Waals surface area contributed by atoms with Crippen molar-refractivity contribution in [3.8, 4) is 0 Å². The van der Waals surface area contributed by atoms with Gasteiger partial charge in [0.2, 0.25) is 23.5 Å². The molecule has 2 fully saturated rings. The number of nitrogens with zero attached hydrogens (tertiary/aromatic N) is 1. The van der Waals surface area contributed by atoms with Gasteiger partial charge in [-0.15, -0.1) is 6.58 Å². The van der Waals surface area contributed by atoms with Crippen LogP contribution in [0.5, 0.6) is 0 Å². The van der Waals surface area contributed by atoms with Gasteiger partial charge < -0.3 is 20.9 Å². The van der Waals surface area contributed by atoms with Crippen LogP contribution >= 0.6 is 0 Å². The number of ketones is 2. The van der Waals surface area contributed by atoms with Crippen LogP contribution in [0.1, 0.15) is 73.6 Å². The number of carbonyl (C=O) groups excluding carboxylic acids is 6. The van der Waals surface area contributed by atoms with E-state index in [0.29, 0.717) is 32.2 Å². The molecule has 1 aliphatic heterocycles. The van der Waals surface area contributed by atoms with E-state index in [1.54, 1.807) is 6.92 Å². The second-order valence-electron chi connectivity index (χ2n) is 11.4. The SMILES string of the molecule is C=CCNC(=O)C(=O)C(CCC)NC(=O)C1CCCN1C(=O)C(NC(=O)CC1C(C)C(C(C)=O)C1C)C(C)C. The van der Waals surface area contributed by atoms with Crippen LogP contribution in [0.15, 0.2) is 12.7 Å². The standard InChI is InChI=1S/C29H46N4O6/c1-8-11-21(26(36)28(38)30-13-9-2)31-27(37)22-12-10-14-33(22)29(39)25(16(3)4)32-23(35)15-20-17(5)24(18(20)6)19(7)34/h9,16-18,20-22,24-25H,2,8,10-15H2,1,3-7H3,(H,30,38)(H,31,37)(H,32,35). The van der Waals surface area contributed by atoms with E-state index in [1.807, 2.05) is 34.6 Å². The second-order valence-corrected chi connectivity index (χ2v) is 11.4. The Morgan fingerprint density at radius 1 is 1.05 bits per heavy atom. The van der Waals surface area contributed by atoms with E-state index in [9.17, 15) is 28.8 Å². The molecule has 0 radical (unpaired) electrons. The van der Waals surface area contributed by atoms with Crippen LogP contribution in [0.4, 0.5) is 0 Å². The normalized spacial score (nSPS) is 25.7. The van der Waals surface area contributed by atoms with Gasteiger partial charge in [0.25, 0.3) is 5.91 Å². The highest BCUT2D eigenvalue weighted by molar-refractivity contribution is 6.38. The van der Waals surface area contributed by atoms with E-state index in [0.717, 1.165) is 0 Å². The lowest BCUT2D eigenvalue weighted by Gasteiger charge is -2.48. The first kappa shape index (κ1) is 32.2. The summed E-state index contributed by atoms with van der Waals surface area (Å²) < 4.78 is 0. The zero-order valence-corrected chi connectivity index (χ0v) is 24.2. The van der Waals surface area contributed by atoms with Gasteiger partial charge in [0.1, 0.15) is 17.9 Å². The molecule has 3 N–H and O–H groups in total. The van der Waals surface area contributed by atoms with E-state index in [1.165, 1.54) is 11.0 Å². The molecule has 0 aromatic rings. The minimum Gasteiger partial charge on any atom is -0.346 e. The number of likely N-dealkylation sites (tertiary alicyclic amines) is 1. The fraction of sp³-hybridized carbons (Fsp3) is 0.724. The lowest BCUT2D eigenvalue weighted by molar-refractivity contribution is -0.145. The van der Waals surface area contributed by atoms with Crippen LogP contribution in [-0.2, 0) is 28.8 Å². The Kier molecular flexibility index (Phi) is 11.9. The van der Waals surface area contributed by atoms with Gasteiger partial charge in [0, 0.05) is 25.4 Å². The Morgan fingerprint density at radius 2 is 1.69 bits per heavy atom. The fourth-order valence-electron chi connectivity index (χ4n) is 6.13. The van der Waals surface area contributed by atoms with Gasteiger partial charge in [0.15, 0.2) is 0 Å². The van der Waals surface area contributed by atoms with Gasteiger partial charge in [-0.25, -0.2) is 0 Å². The summed E-state index contributed by atoms with van der Waals surface area (Å²) in [5.74, 6) is -2.40. The first-order chi connectivity index (χ1) is 18.3. The molecule has 10 nitrogen and oxygen atoms in total. The first-order valence-corrected chi connectivity index (χ1v) is 14.2. The Bertz CT molecular complexity index is 953. The minimum absolute atomic E-state index is 0.0364. The number of amides is 4. The summed E-state index contributed by atoms with van der Waals surface area (Å²) in [6, 6.07) is -2.59. The molecule has 4 amide bonds. The average Bonchev–Trinajstić information content (AvgIpc) is 3.37. The van der Waals surface area contributed by atoms with Crippen molar-refractivity contribution in [1.82, 2.24) is 20.9 Å². The van der Waals surface area contributed by atoms with Crippen molar-refractivity contribution in [3.05, 3.63) is 12.7 Å². The number of rotatable bonds is 14. The van der Waals surface area contributed by atoms with Gasteiger partial charge in [-0.05, 0) is 49.9 Å². The van der Waals surface area contributed by atoms with Crippen molar-refractivity contribution in [3.63, 3.8) is 0 Å². The van der Waals surface area contributed by atoms with Gasteiger partial charge in [0.05, 0.1) is 6.04 Å². The van der Waals surface area contributed by atoms with E-state index in [-0.39, 0.29) is 60.2 Å². The molecule has 1 heterocycles. The number of carbonyl (C=O) groups is 6. The summed E-state index contributed by atoms with van der Waals surface area (Å²) in [7, 11) is 0. The summed E-state index contributed by atoms with van der Waals surface area (Å²) >= 11 is 0. The Balaban J connectivity index is 2.07. The zero-order valence-electron chi connectivity index (χ0n) is 24.2. The Labute approximate surface area is 232 Å². The summed E-state index contributed by atoms with van der Waals surface area (Å²) in [5, 5.41) is 8.02. The molecular formula is C29H46N4O6. The smallest absolute Gasteiger partial charge is 0.289 e. The molecule has 2 aliphatic rings. The highest BCUT2D eigenvalue weighted by Crippen LogP contribution is 2.47. The van der Waals surface area contributed by atoms with Crippen LogP contribution in [0, 0.1) is 29.6 Å². The summed E-state index contributed by atoms with van der Waals surface area (Å²) in [6.45, 7) is 15.1. The van der Waals surface area contributed by atoms with Crippen LogP contribution < -0.4 is 16.0 Å². The maximum atomic E-state index is 13.6. The Morgan fingerprint density at radius 3 is 2.23 bits per heavy atom. The van der Waals surface area contributed by atoms with Crippen molar-refractivity contribution in [1.29, 1.82) is 0 Å². The van der Waals surface area contributed by atoms with E-state index in [2.05, 4.69) is 22.5 Å². The molecule has 39 heavy (non-hydrogen) atoms. The fourth-order valence-corrected chi connectivity index (χ4v) is 6.13. The maximum absolute atomic E-state index is 13.6. The topological polar surface area (TPSA) is 142 Å². The minimum atomic E-state index is -0.990. The number of nitrogens with one attached hydrogen (secondary N) is 3. The van der Waals surface area contributed by atoms with Crippen molar-refractivity contribution in [2.24, 2.45) is 29.6 Å². The molecular weight excluding hydrogens is 500 g/mol. The van der Waals surface area contributed by atoms with Crippen molar-refractivity contribution >= 4 is 35.2 Å². The molecule has 0 aromatic heterocycles. The molecule has 1 aliphatic carbocycles. The molecule has 0 aromatic carbocycles. The van der Waals surface area contributed by atoms with Gasteiger partial charge in [-0.2, -0.15) is 0 Å². The summed E-state index contributed by atoms with van der Waals surface area (Å²) in [6.07, 6.45) is 3.60. The van der Waals surface area contributed by atoms with E-state index in [4.69, 9.17) is 0 Å². The van der Waals surface area contributed by atoms with Crippen molar-refractivity contribution < 1.29 is 28.8 Å². The van der Waals surface area contributed by atoms with Crippen LogP contribution in [0.25, 0.3) is 0 Å². The predicted molar refractivity (Wildman–Crippen MR) is 147 cm³/mol. The molecule has 1 saturated carbocycles. The molecule has 5 atom stereocenters. The number of hydrogen-bond acceptors (Lipinski definition) is 6. The second kappa shape index (κ2) is 14.4. The molecule has 0 spiro atoms. The quantitative estimate of drug-likeness (QED) is 0.224. The third-order valence-corrected chi connectivity index (χ3v) is 8.30. The van der Waals surface area contributed by atoms with Crippen LogP contribution in [-0.4, -0.2) is 71.3 Å². The van der Waals surface area contributed by atoms with Crippen LogP contribution in [0.3, 0.4) is 0 Å². The summed E-state index contributed by atoms with van der Waals surface area (Å²) in [5.41, 5.74) is 0. The zero-order chi connectivity index (χ0) is 29.4. The predicted octanol–water partition coefficient (Wildman–Crippen LogP) is 1.77. The van der Waals surface area contributed by atoms with Crippen molar-refractivity contribution in [2.75, 3.05) is 13.1 Å². The van der Waals surface area contributed by atoms with E-state index >= 15 is 0 Å². The molecule has 2 rings (SSSR count). The summed E-state index contributed by atoms with van der Waals surface area (Å²) in [4.78, 5) is 77.9. The molecule has 5 unspecified atom stereocenters. The van der Waals surface area contributed by atoms with Crippen molar-refractivity contribution in [2.45, 2.75) is 91.8 Å². The Hall–Kier alpha value is -3.04. The van der Waals surface area contributed by atoms with E-state index < -0.39 is 35.7 Å². The lowest BCUT2D eigenvalue weighted by atomic mass is 9.56. The van der Waals surface area contributed by atoms with Crippen LogP contribution in [0.2, 0.25) is 0 Å². The molecule has 10 heteroatoms. The molecule has 0 bridgehead atoms. The monoisotopic (exact) mass is 546 g/mol. The lowest BCUT2D eigenvalue weighted by Crippen LogP contribution is -2.57. The average molecular weight is 547 g/mol. The van der Waals surface area contributed by atoms with Gasteiger partial charge in [-0.1, -0.05) is 47.1 Å².